The number of alkyl halides is 5. The van der Waals surface area contributed by atoms with Crippen molar-refractivity contribution in [2.75, 3.05) is 13.7 Å². The molecule has 0 spiro atoms. The topological polar surface area (TPSA) is 191 Å². The number of hydrogen-bond acceptors (Lipinski definition) is 6. The summed E-state index contributed by atoms with van der Waals surface area (Å²) >= 11 is 6.24. The number of amides is 2. The Morgan fingerprint density at radius 1 is 1.12 bits per heavy atom. The van der Waals surface area contributed by atoms with Gasteiger partial charge < -0.3 is 21.9 Å². The summed E-state index contributed by atoms with van der Waals surface area (Å²) in [5, 5.41) is 10.8. The molecule has 0 saturated heterocycles. The molecule has 12 nitrogen and oxygen atoms in total. The Bertz CT molecular complexity index is 1760. The van der Waals surface area contributed by atoms with Gasteiger partial charge in [-0.1, -0.05) is 51.4 Å². The molecule has 2 amide bonds. The Balaban J connectivity index is 0.00000106. The SMILES string of the molecule is CC(C)(C)C.CN=C(N)N(C(=O)c1ccc(-c2cnn(C(F)F)c2)cc1F)C(COC1(C(F)(F)F)CC1)c1ccc(Cl)c(C(N)=NC=N)c1.NC=O. The molecule has 0 bridgehead atoms. The minimum atomic E-state index is -4.71. The highest BCUT2D eigenvalue weighted by atomic mass is 35.5. The van der Waals surface area contributed by atoms with Crippen LogP contribution in [0.15, 0.2) is 58.8 Å². The van der Waals surface area contributed by atoms with E-state index in [2.05, 4.69) is 48.5 Å². The fourth-order valence-electron chi connectivity index (χ4n) is 4.37. The van der Waals surface area contributed by atoms with Gasteiger partial charge in [0.15, 0.2) is 11.6 Å². The van der Waals surface area contributed by atoms with Crippen molar-refractivity contribution < 1.29 is 40.7 Å². The maximum absolute atomic E-state index is 15.4. The molecule has 1 fully saturated rings. The van der Waals surface area contributed by atoms with Crippen LogP contribution in [0.3, 0.4) is 0 Å². The smallest absolute Gasteiger partial charge is 0.383 e. The van der Waals surface area contributed by atoms with Crippen LogP contribution in [0, 0.1) is 16.6 Å². The normalized spacial score (nSPS) is 14.7. The maximum atomic E-state index is 15.4. The molecule has 3 aromatic rings. The summed E-state index contributed by atoms with van der Waals surface area (Å²) in [6, 6.07) is 5.91. The largest absolute Gasteiger partial charge is 0.417 e. The Morgan fingerprint density at radius 3 is 2.17 bits per heavy atom. The summed E-state index contributed by atoms with van der Waals surface area (Å²) in [5.74, 6) is -2.87. The predicted molar refractivity (Wildman–Crippen MR) is 186 cm³/mol. The molecule has 4 rings (SSSR count). The summed E-state index contributed by atoms with van der Waals surface area (Å²) in [6.07, 6.45) is -2.34. The van der Waals surface area contributed by atoms with Crippen LogP contribution in [0.2, 0.25) is 5.02 Å². The van der Waals surface area contributed by atoms with Crippen molar-refractivity contribution in [3.63, 3.8) is 0 Å². The number of primary amides is 1. The standard InChI is InChI=1S/C27H25ClF6N8O2.C5H12.CH3NO/c1-38-25(37)42(23(43)17-4-2-14(9-20(17)29)16-10-40-41(11-16)24(30)31)21(12-44-26(6-7-26)27(32,33)34)15-3-5-19(28)18(8-15)22(36)39-13-35;1-5(2,3)4;2-1-3/h2-5,8-11,13,21,24H,6-7,12H2,1H3,(H2,37,38)(H3,35,36,39);1-4H3;1H,(H2,2,3). The van der Waals surface area contributed by atoms with Gasteiger partial charge in [-0.05, 0) is 53.6 Å². The summed E-state index contributed by atoms with van der Waals surface area (Å²) < 4.78 is 88.3. The highest BCUT2D eigenvalue weighted by molar-refractivity contribution is 6.34. The number of ether oxygens (including phenoxy) is 1. The number of carbonyl (C=O) groups is 2. The summed E-state index contributed by atoms with van der Waals surface area (Å²) in [5.41, 5.74) is 14.1. The fourth-order valence-corrected chi connectivity index (χ4v) is 4.59. The van der Waals surface area contributed by atoms with Crippen molar-refractivity contribution in [2.24, 2.45) is 32.6 Å². The van der Waals surface area contributed by atoms with Crippen molar-refractivity contribution in [2.45, 2.75) is 64.9 Å². The molecule has 1 unspecified atom stereocenters. The van der Waals surface area contributed by atoms with Gasteiger partial charge >= 0.3 is 12.7 Å². The molecule has 2 aromatic carbocycles. The van der Waals surface area contributed by atoms with Gasteiger partial charge in [0.1, 0.15) is 18.0 Å². The van der Waals surface area contributed by atoms with Gasteiger partial charge in [-0.2, -0.15) is 27.1 Å². The first kappa shape index (κ1) is 43.2. The van der Waals surface area contributed by atoms with Gasteiger partial charge in [-0.15, -0.1) is 0 Å². The lowest BCUT2D eigenvalue weighted by Crippen LogP contribution is -2.47. The molecule has 19 heteroatoms. The van der Waals surface area contributed by atoms with E-state index in [1.807, 2.05) is 0 Å². The summed E-state index contributed by atoms with van der Waals surface area (Å²) in [6.45, 7) is 5.07. The number of carbonyl (C=O) groups excluding carboxylic acids is 2. The van der Waals surface area contributed by atoms with E-state index in [9.17, 15) is 26.7 Å². The molecule has 284 valence electrons. The Morgan fingerprint density at radius 2 is 1.71 bits per heavy atom. The van der Waals surface area contributed by atoms with Crippen LogP contribution in [-0.2, 0) is 9.53 Å². The lowest BCUT2D eigenvalue weighted by molar-refractivity contribution is -0.238. The molecule has 7 N–H and O–H groups in total. The molecule has 1 aliphatic carbocycles. The number of aromatic nitrogens is 2. The van der Waals surface area contributed by atoms with Gasteiger partial charge in [0.2, 0.25) is 6.41 Å². The zero-order valence-corrected chi connectivity index (χ0v) is 29.6. The van der Waals surface area contributed by atoms with Crippen molar-refractivity contribution in [1.82, 2.24) is 14.7 Å². The molecule has 0 aliphatic heterocycles. The van der Waals surface area contributed by atoms with E-state index in [1.54, 1.807) is 0 Å². The average Bonchev–Trinajstić information content (AvgIpc) is 3.69. The highest BCUT2D eigenvalue weighted by Gasteiger charge is 2.65. The number of rotatable bonds is 10. The van der Waals surface area contributed by atoms with E-state index in [4.69, 9.17) is 38.0 Å². The molecule has 1 aromatic heterocycles. The van der Waals surface area contributed by atoms with Crippen molar-refractivity contribution in [3.8, 4) is 11.1 Å². The number of nitrogens with one attached hydrogen (secondary N) is 1. The van der Waals surface area contributed by atoms with E-state index in [-0.39, 0.29) is 52.4 Å². The van der Waals surface area contributed by atoms with Crippen LogP contribution in [0.25, 0.3) is 11.1 Å². The number of nitrogens with zero attached hydrogens (tertiary/aromatic N) is 5. The first-order chi connectivity index (χ1) is 24.1. The molecular formula is C33H40ClF6N9O3. The second kappa shape index (κ2) is 18.0. The minimum Gasteiger partial charge on any atom is -0.383 e. The van der Waals surface area contributed by atoms with Gasteiger partial charge in [0.05, 0.1) is 29.4 Å². The van der Waals surface area contributed by atoms with Crippen LogP contribution < -0.4 is 17.2 Å². The van der Waals surface area contributed by atoms with Crippen LogP contribution >= 0.6 is 11.6 Å². The van der Waals surface area contributed by atoms with Crippen LogP contribution in [0.5, 0.6) is 0 Å². The maximum Gasteiger partial charge on any atom is 0.417 e. The second-order valence-electron chi connectivity index (χ2n) is 12.8. The van der Waals surface area contributed by atoms with Crippen molar-refractivity contribution in [3.05, 3.63) is 76.3 Å². The monoisotopic (exact) mass is 759 g/mol. The Kier molecular flexibility index (Phi) is 14.9. The zero-order valence-electron chi connectivity index (χ0n) is 28.9. The molecule has 52 heavy (non-hydrogen) atoms. The van der Waals surface area contributed by atoms with Gasteiger partial charge in [0, 0.05) is 24.4 Å². The summed E-state index contributed by atoms with van der Waals surface area (Å²) in [4.78, 5) is 30.7. The molecule has 1 aliphatic rings. The molecule has 0 radical (unpaired) electrons. The number of guanidine groups is 1. The minimum absolute atomic E-state index is 0.0808. The average molecular weight is 760 g/mol. The Labute approximate surface area is 301 Å². The number of amidine groups is 1. The molecular weight excluding hydrogens is 720 g/mol. The third-order valence-corrected chi connectivity index (χ3v) is 7.26. The van der Waals surface area contributed by atoms with E-state index >= 15 is 4.39 Å². The Hall–Kier alpha value is -4.97. The lowest BCUT2D eigenvalue weighted by Gasteiger charge is -2.33. The van der Waals surface area contributed by atoms with E-state index in [0.717, 1.165) is 29.4 Å². The zero-order chi connectivity index (χ0) is 39.6. The first-order valence-electron chi connectivity index (χ1n) is 15.3. The van der Waals surface area contributed by atoms with Gasteiger partial charge in [-0.25, -0.2) is 14.1 Å². The molecule has 1 atom stereocenters. The van der Waals surface area contributed by atoms with Crippen LogP contribution in [0.1, 0.15) is 74.6 Å². The van der Waals surface area contributed by atoms with E-state index in [1.165, 1.54) is 31.3 Å². The van der Waals surface area contributed by atoms with E-state index in [0.29, 0.717) is 16.4 Å². The third-order valence-electron chi connectivity index (χ3n) is 6.93. The first-order valence-corrected chi connectivity index (χ1v) is 15.7. The van der Waals surface area contributed by atoms with Gasteiger partial charge in [-0.3, -0.25) is 24.9 Å². The van der Waals surface area contributed by atoms with Crippen molar-refractivity contribution in [1.29, 1.82) is 5.41 Å². The predicted octanol–water partition coefficient (Wildman–Crippen LogP) is 6.44. The van der Waals surface area contributed by atoms with Crippen molar-refractivity contribution >= 4 is 42.1 Å². The van der Waals surface area contributed by atoms with Crippen LogP contribution in [0.4, 0.5) is 26.3 Å². The number of halogens is 7. The summed E-state index contributed by atoms with van der Waals surface area (Å²) in [7, 11) is 1.22. The number of benzene rings is 2. The second-order valence-corrected chi connectivity index (χ2v) is 13.2. The lowest BCUT2D eigenvalue weighted by atomic mass is 10.0. The van der Waals surface area contributed by atoms with Crippen LogP contribution in [-0.4, -0.2) is 70.6 Å². The number of aliphatic imine (C=N–C) groups is 2. The number of hydrogen-bond donors (Lipinski definition) is 4. The van der Waals surface area contributed by atoms with E-state index < -0.39 is 54.2 Å². The quantitative estimate of drug-likeness (QED) is 0.0795. The highest BCUT2D eigenvalue weighted by Crippen LogP contribution is 2.52. The molecule has 1 saturated carbocycles. The van der Waals surface area contributed by atoms with Gasteiger partial charge in [0.25, 0.3) is 5.91 Å². The molecule has 1 heterocycles. The third kappa shape index (κ3) is 11.5. The fraction of sp³-hybridized carbons (Fsp3) is 0.394. The number of nitrogens with two attached hydrogens (primary N) is 3.